The van der Waals surface area contributed by atoms with Gasteiger partial charge < -0.3 is 24.6 Å². The first-order valence-electron chi connectivity index (χ1n) is 10.2. The highest BCUT2D eigenvalue weighted by atomic mass is 16.5. The van der Waals surface area contributed by atoms with Gasteiger partial charge in [0.2, 0.25) is 0 Å². The summed E-state index contributed by atoms with van der Waals surface area (Å²) in [5.41, 5.74) is 4.04. The molecule has 7 heteroatoms. The number of hydrogen-bond acceptors (Lipinski definition) is 5. The molecule has 1 saturated heterocycles. The Morgan fingerprint density at radius 2 is 1.90 bits per heavy atom. The summed E-state index contributed by atoms with van der Waals surface area (Å²) in [6, 6.07) is 9.95. The summed E-state index contributed by atoms with van der Waals surface area (Å²) in [4.78, 5) is 21.7. The van der Waals surface area contributed by atoms with Gasteiger partial charge in [-0.2, -0.15) is 0 Å². The van der Waals surface area contributed by atoms with Crippen LogP contribution in [-0.4, -0.2) is 62.4 Å². The number of pyridine rings is 1. The van der Waals surface area contributed by atoms with Crippen LogP contribution in [0.2, 0.25) is 0 Å². The fourth-order valence-corrected chi connectivity index (χ4v) is 3.98. The second-order valence-corrected chi connectivity index (χ2v) is 7.42. The molecule has 1 fully saturated rings. The van der Waals surface area contributed by atoms with Crippen LogP contribution in [0.15, 0.2) is 30.3 Å². The zero-order chi connectivity index (χ0) is 20.2. The van der Waals surface area contributed by atoms with Gasteiger partial charge in [-0.1, -0.05) is 12.1 Å². The summed E-state index contributed by atoms with van der Waals surface area (Å²) >= 11 is 0. The van der Waals surface area contributed by atoms with Crippen molar-refractivity contribution in [2.45, 2.75) is 19.8 Å². The monoisotopic (exact) mass is 396 g/mol. The van der Waals surface area contributed by atoms with E-state index in [1.54, 1.807) is 7.11 Å². The van der Waals surface area contributed by atoms with Crippen molar-refractivity contribution in [3.63, 3.8) is 0 Å². The first kappa shape index (κ1) is 19.5. The molecular weight excluding hydrogens is 368 g/mol. The Bertz CT molecular complexity index is 880. The molecule has 4 rings (SSSR count). The minimum Gasteiger partial charge on any atom is -0.496 e. The van der Waals surface area contributed by atoms with Crippen LogP contribution in [0, 0.1) is 6.92 Å². The molecule has 0 aliphatic carbocycles. The number of morpholine rings is 1. The second-order valence-electron chi connectivity index (χ2n) is 7.42. The summed E-state index contributed by atoms with van der Waals surface area (Å²) in [5.74, 6) is 1.84. The van der Waals surface area contributed by atoms with E-state index in [0.717, 1.165) is 62.1 Å². The molecule has 0 unspecified atom stereocenters. The molecule has 2 amide bonds. The first-order chi connectivity index (χ1) is 14.2. The van der Waals surface area contributed by atoms with E-state index in [4.69, 9.17) is 9.47 Å². The molecule has 3 heterocycles. The van der Waals surface area contributed by atoms with Crippen molar-refractivity contribution >= 4 is 17.5 Å². The van der Waals surface area contributed by atoms with Crippen molar-refractivity contribution < 1.29 is 14.3 Å². The predicted molar refractivity (Wildman–Crippen MR) is 113 cm³/mol. The third-order valence-corrected chi connectivity index (χ3v) is 5.67. The number of aromatic nitrogens is 1. The maximum Gasteiger partial charge on any atom is 0.321 e. The lowest BCUT2D eigenvalue weighted by molar-refractivity contribution is 0.122. The molecule has 0 spiro atoms. The predicted octanol–water partition coefficient (Wildman–Crippen LogP) is 2.87. The van der Waals surface area contributed by atoms with E-state index in [2.05, 4.69) is 21.3 Å². The number of urea groups is 1. The van der Waals surface area contributed by atoms with Gasteiger partial charge in [-0.3, -0.25) is 0 Å². The Hall–Kier alpha value is -2.80. The molecule has 2 aliphatic rings. The number of benzene rings is 1. The van der Waals surface area contributed by atoms with Gasteiger partial charge in [0.25, 0.3) is 0 Å². The number of nitrogens with one attached hydrogen (secondary N) is 1. The summed E-state index contributed by atoms with van der Waals surface area (Å²) in [6.45, 7) is 6.42. The van der Waals surface area contributed by atoms with Gasteiger partial charge in [-0.25, -0.2) is 9.78 Å². The van der Waals surface area contributed by atoms with E-state index in [0.29, 0.717) is 13.1 Å². The van der Waals surface area contributed by atoms with Crippen molar-refractivity contribution in [1.29, 1.82) is 0 Å². The highest BCUT2D eigenvalue weighted by Crippen LogP contribution is 2.26. The lowest BCUT2D eigenvalue weighted by atomic mass is 10.0. The zero-order valence-electron chi connectivity index (χ0n) is 17.1. The van der Waals surface area contributed by atoms with Gasteiger partial charge in [-0.15, -0.1) is 0 Å². The highest BCUT2D eigenvalue weighted by Gasteiger charge is 2.21. The molecule has 0 atom stereocenters. The van der Waals surface area contributed by atoms with E-state index in [1.165, 1.54) is 11.1 Å². The van der Waals surface area contributed by atoms with Crippen molar-refractivity contribution in [2.75, 3.05) is 56.7 Å². The number of hydrogen-bond donors (Lipinski definition) is 1. The smallest absolute Gasteiger partial charge is 0.321 e. The van der Waals surface area contributed by atoms with Crippen LogP contribution >= 0.6 is 0 Å². The number of nitrogens with zero attached hydrogens (tertiary/aromatic N) is 3. The Kier molecular flexibility index (Phi) is 5.85. The molecule has 0 radical (unpaired) electrons. The van der Waals surface area contributed by atoms with E-state index < -0.39 is 0 Å². The van der Waals surface area contributed by atoms with Crippen LogP contribution in [0.4, 0.5) is 16.3 Å². The molecule has 0 bridgehead atoms. The number of methoxy groups -OCH3 is 1. The summed E-state index contributed by atoms with van der Waals surface area (Å²) in [6.07, 6.45) is 1.62. The molecule has 7 nitrogen and oxygen atoms in total. The number of anilines is 2. The number of aryl methyl sites for hydroxylation is 1. The SMILES string of the molecule is COc1cccc2c1CCN(C(=O)Nc1ccc(N3CCOCC3)nc1C)CC2. The lowest BCUT2D eigenvalue weighted by Crippen LogP contribution is -2.37. The van der Waals surface area contributed by atoms with Gasteiger partial charge in [0.05, 0.1) is 31.7 Å². The quantitative estimate of drug-likeness (QED) is 0.864. The number of carbonyl (C=O) groups excluding carboxylic acids is 1. The lowest BCUT2D eigenvalue weighted by Gasteiger charge is -2.28. The highest BCUT2D eigenvalue weighted by molar-refractivity contribution is 5.90. The molecule has 2 aromatic rings. The van der Waals surface area contributed by atoms with E-state index in [1.807, 2.05) is 36.1 Å². The Morgan fingerprint density at radius 3 is 2.66 bits per heavy atom. The van der Waals surface area contributed by atoms with E-state index in [9.17, 15) is 4.79 Å². The average Bonchev–Trinajstić information content (AvgIpc) is 2.98. The van der Waals surface area contributed by atoms with Crippen molar-refractivity contribution in [3.05, 3.63) is 47.2 Å². The summed E-state index contributed by atoms with van der Waals surface area (Å²) in [5, 5.41) is 3.04. The molecule has 1 N–H and O–H groups in total. The second kappa shape index (κ2) is 8.69. The molecule has 0 saturated carbocycles. The molecular formula is C22H28N4O3. The standard InChI is InChI=1S/C22H28N4O3/c1-16-19(6-7-21(23-16)25-12-14-29-15-13-25)24-22(27)26-10-8-17-4-3-5-20(28-2)18(17)9-11-26/h3-7H,8-15H2,1-2H3,(H,24,27). The van der Waals surface area contributed by atoms with Gasteiger partial charge in [-0.05, 0) is 49.1 Å². The molecule has 1 aromatic carbocycles. The number of rotatable bonds is 3. The largest absolute Gasteiger partial charge is 0.496 e. The number of carbonyl (C=O) groups is 1. The van der Waals surface area contributed by atoms with Crippen molar-refractivity contribution in [2.24, 2.45) is 0 Å². The Labute approximate surface area is 171 Å². The Morgan fingerprint density at radius 1 is 1.10 bits per heavy atom. The van der Waals surface area contributed by atoms with E-state index in [-0.39, 0.29) is 6.03 Å². The fraction of sp³-hybridized carbons (Fsp3) is 0.455. The van der Waals surface area contributed by atoms with Crippen LogP contribution in [0.3, 0.4) is 0 Å². The van der Waals surface area contributed by atoms with Crippen LogP contribution in [0.5, 0.6) is 5.75 Å². The Balaban J connectivity index is 1.42. The van der Waals surface area contributed by atoms with Crippen LogP contribution in [0.1, 0.15) is 16.8 Å². The molecule has 154 valence electrons. The van der Waals surface area contributed by atoms with Gasteiger partial charge >= 0.3 is 6.03 Å². The summed E-state index contributed by atoms with van der Waals surface area (Å²) in [7, 11) is 1.70. The first-order valence-corrected chi connectivity index (χ1v) is 10.2. The van der Waals surface area contributed by atoms with E-state index >= 15 is 0 Å². The average molecular weight is 396 g/mol. The minimum atomic E-state index is -0.0826. The maximum atomic E-state index is 12.9. The third-order valence-electron chi connectivity index (χ3n) is 5.67. The van der Waals surface area contributed by atoms with Crippen LogP contribution in [0.25, 0.3) is 0 Å². The van der Waals surface area contributed by atoms with Gasteiger partial charge in [0, 0.05) is 26.2 Å². The fourth-order valence-electron chi connectivity index (χ4n) is 3.98. The topological polar surface area (TPSA) is 66.9 Å². The van der Waals surface area contributed by atoms with Gasteiger partial charge in [0.1, 0.15) is 11.6 Å². The van der Waals surface area contributed by atoms with Gasteiger partial charge in [0.15, 0.2) is 0 Å². The number of ether oxygens (including phenoxy) is 2. The van der Waals surface area contributed by atoms with Crippen molar-refractivity contribution in [1.82, 2.24) is 9.88 Å². The number of fused-ring (bicyclic) bond motifs is 1. The zero-order valence-corrected chi connectivity index (χ0v) is 17.1. The van der Waals surface area contributed by atoms with Crippen molar-refractivity contribution in [3.8, 4) is 5.75 Å². The minimum absolute atomic E-state index is 0.0826. The number of amides is 2. The van der Waals surface area contributed by atoms with Crippen LogP contribution < -0.4 is 15.0 Å². The third kappa shape index (κ3) is 4.29. The van der Waals surface area contributed by atoms with Crippen LogP contribution in [-0.2, 0) is 17.6 Å². The maximum absolute atomic E-state index is 12.9. The normalized spacial score (nSPS) is 16.8. The molecule has 2 aliphatic heterocycles. The summed E-state index contributed by atoms with van der Waals surface area (Å²) < 4.78 is 10.9. The molecule has 1 aromatic heterocycles. The molecule has 29 heavy (non-hydrogen) atoms.